The molecule has 2 heteroatoms. The highest BCUT2D eigenvalue weighted by atomic mass is 16.6. The van der Waals surface area contributed by atoms with Crippen molar-refractivity contribution in [3.05, 3.63) is 35.9 Å². The van der Waals surface area contributed by atoms with Crippen molar-refractivity contribution in [1.29, 1.82) is 0 Å². The molecular weight excluding hydrogens is 188 g/mol. The van der Waals surface area contributed by atoms with Crippen molar-refractivity contribution in [3.8, 4) is 0 Å². The van der Waals surface area contributed by atoms with Crippen molar-refractivity contribution in [2.75, 3.05) is 0 Å². The molecular formula is C13H16O2. The van der Waals surface area contributed by atoms with Gasteiger partial charge in [0.15, 0.2) is 0 Å². The summed E-state index contributed by atoms with van der Waals surface area (Å²) in [5.74, 6) is 0. The van der Waals surface area contributed by atoms with E-state index in [0.29, 0.717) is 18.8 Å². The lowest BCUT2D eigenvalue weighted by atomic mass is 10.1. The smallest absolute Gasteiger partial charge is 0.118 e. The van der Waals surface area contributed by atoms with E-state index in [1.165, 1.54) is 5.56 Å². The van der Waals surface area contributed by atoms with Crippen molar-refractivity contribution in [1.82, 2.24) is 0 Å². The van der Waals surface area contributed by atoms with Gasteiger partial charge in [0.05, 0.1) is 18.8 Å². The third kappa shape index (κ3) is 1.58. The quantitative estimate of drug-likeness (QED) is 0.706. The molecule has 0 amide bonds. The first kappa shape index (κ1) is 9.37. The molecule has 3 unspecified atom stereocenters. The van der Waals surface area contributed by atoms with Crippen LogP contribution >= 0.6 is 0 Å². The van der Waals surface area contributed by atoms with E-state index in [-0.39, 0.29) is 5.60 Å². The van der Waals surface area contributed by atoms with Gasteiger partial charge >= 0.3 is 0 Å². The highest BCUT2D eigenvalue weighted by Gasteiger charge is 2.62. The molecule has 3 rings (SSSR count). The van der Waals surface area contributed by atoms with Gasteiger partial charge in [0, 0.05) is 0 Å². The van der Waals surface area contributed by atoms with E-state index in [1.807, 2.05) is 18.2 Å². The molecule has 80 valence electrons. The second kappa shape index (κ2) is 3.32. The zero-order chi connectivity index (χ0) is 10.3. The maximum Gasteiger partial charge on any atom is 0.118 e. The summed E-state index contributed by atoms with van der Waals surface area (Å²) in [7, 11) is 0. The predicted octanol–water partition coefficient (Wildman–Crippen LogP) is 2.52. The predicted molar refractivity (Wildman–Crippen MR) is 57.5 cm³/mol. The molecule has 0 N–H and O–H groups in total. The van der Waals surface area contributed by atoms with Crippen LogP contribution in [0.4, 0.5) is 0 Å². The van der Waals surface area contributed by atoms with Gasteiger partial charge in [-0.2, -0.15) is 0 Å². The van der Waals surface area contributed by atoms with Gasteiger partial charge in [-0.25, -0.2) is 0 Å². The van der Waals surface area contributed by atoms with Gasteiger partial charge in [0.25, 0.3) is 0 Å². The first-order chi connectivity index (χ1) is 7.29. The molecule has 3 atom stereocenters. The highest BCUT2D eigenvalue weighted by molar-refractivity contribution is 5.15. The molecule has 1 aliphatic carbocycles. The fraction of sp³-hybridized carbons (Fsp3) is 0.538. The Labute approximate surface area is 90.2 Å². The minimum absolute atomic E-state index is 0.0365. The van der Waals surface area contributed by atoms with Gasteiger partial charge < -0.3 is 9.47 Å². The Kier molecular flexibility index (Phi) is 2.08. The lowest BCUT2D eigenvalue weighted by Crippen LogP contribution is -2.26. The minimum Gasteiger partial charge on any atom is -0.370 e. The Bertz CT molecular complexity index is 347. The molecule has 2 aliphatic rings. The summed E-state index contributed by atoms with van der Waals surface area (Å²) in [6, 6.07) is 10.3. The Hall–Kier alpha value is -0.860. The monoisotopic (exact) mass is 204 g/mol. The van der Waals surface area contributed by atoms with Crippen LogP contribution in [-0.2, 0) is 16.1 Å². The minimum atomic E-state index is 0.0365. The average Bonchev–Trinajstić information content (AvgIpc) is 2.83. The number of epoxide rings is 1. The molecule has 1 saturated carbocycles. The van der Waals surface area contributed by atoms with Crippen LogP contribution in [0, 0.1) is 0 Å². The van der Waals surface area contributed by atoms with Crippen molar-refractivity contribution < 1.29 is 9.47 Å². The largest absolute Gasteiger partial charge is 0.370 e. The van der Waals surface area contributed by atoms with Crippen LogP contribution in [0.2, 0.25) is 0 Å². The molecule has 2 fully saturated rings. The fourth-order valence-electron chi connectivity index (χ4n) is 2.51. The van der Waals surface area contributed by atoms with Gasteiger partial charge in [-0.15, -0.1) is 0 Å². The summed E-state index contributed by atoms with van der Waals surface area (Å²) >= 11 is 0. The van der Waals surface area contributed by atoms with Gasteiger partial charge in [0.1, 0.15) is 5.60 Å². The summed E-state index contributed by atoms with van der Waals surface area (Å²) in [5, 5.41) is 0. The zero-order valence-corrected chi connectivity index (χ0v) is 8.98. The third-order valence-corrected chi connectivity index (χ3v) is 3.60. The Balaban J connectivity index is 1.59. The Morgan fingerprint density at radius 1 is 1.33 bits per heavy atom. The van der Waals surface area contributed by atoms with E-state index in [9.17, 15) is 0 Å². The van der Waals surface area contributed by atoms with Crippen molar-refractivity contribution in [3.63, 3.8) is 0 Å². The zero-order valence-electron chi connectivity index (χ0n) is 8.98. The number of benzene rings is 1. The van der Waals surface area contributed by atoms with Crippen LogP contribution in [0.5, 0.6) is 0 Å². The summed E-state index contributed by atoms with van der Waals surface area (Å²) in [6.07, 6.45) is 3.07. The van der Waals surface area contributed by atoms with Crippen LogP contribution < -0.4 is 0 Å². The van der Waals surface area contributed by atoms with E-state index in [4.69, 9.17) is 9.47 Å². The van der Waals surface area contributed by atoms with Crippen LogP contribution in [-0.4, -0.2) is 17.8 Å². The van der Waals surface area contributed by atoms with Crippen LogP contribution in [0.25, 0.3) is 0 Å². The summed E-state index contributed by atoms with van der Waals surface area (Å²) in [4.78, 5) is 0. The van der Waals surface area contributed by atoms with E-state index in [1.54, 1.807) is 0 Å². The van der Waals surface area contributed by atoms with Gasteiger partial charge in [-0.1, -0.05) is 30.3 Å². The van der Waals surface area contributed by atoms with E-state index in [2.05, 4.69) is 19.1 Å². The van der Waals surface area contributed by atoms with Crippen LogP contribution in [0.15, 0.2) is 30.3 Å². The standard InChI is InChI=1S/C13H16O2/c1-13-11(7-8-12(13)15-13)14-9-10-5-3-2-4-6-10/h2-6,11-12H,7-9H2,1H3. The Morgan fingerprint density at radius 2 is 2.13 bits per heavy atom. The van der Waals surface area contributed by atoms with E-state index in [0.717, 1.165) is 12.8 Å². The summed E-state index contributed by atoms with van der Waals surface area (Å²) in [6.45, 7) is 2.87. The fourth-order valence-corrected chi connectivity index (χ4v) is 2.51. The van der Waals surface area contributed by atoms with Crippen LogP contribution in [0.3, 0.4) is 0 Å². The first-order valence-electron chi connectivity index (χ1n) is 5.62. The molecule has 1 saturated heterocycles. The van der Waals surface area contributed by atoms with Gasteiger partial charge in [-0.05, 0) is 25.3 Å². The normalized spacial score (nSPS) is 37.7. The topological polar surface area (TPSA) is 21.8 Å². The van der Waals surface area contributed by atoms with Crippen molar-refractivity contribution >= 4 is 0 Å². The average molecular weight is 204 g/mol. The molecule has 0 spiro atoms. The summed E-state index contributed by atoms with van der Waals surface area (Å²) < 4.78 is 11.5. The first-order valence-corrected chi connectivity index (χ1v) is 5.62. The lowest BCUT2D eigenvalue weighted by Gasteiger charge is -2.17. The molecule has 1 aliphatic heterocycles. The van der Waals surface area contributed by atoms with Gasteiger partial charge in [-0.3, -0.25) is 0 Å². The molecule has 0 radical (unpaired) electrons. The van der Waals surface area contributed by atoms with E-state index >= 15 is 0 Å². The second-order valence-corrected chi connectivity index (χ2v) is 4.65. The van der Waals surface area contributed by atoms with E-state index < -0.39 is 0 Å². The molecule has 1 aromatic rings. The third-order valence-electron chi connectivity index (χ3n) is 3.60. The van der Waals surface area contributed by atoms with Gasteiger partial charge in [0.2, 0.25) is 0 Å². The Morgan fingerprint density at radius 3 is 2.73 bits per heavy atom. The second-order valence-electron chi connectivity index (χ2n) is 4.65. The highest BCUT2D eigenvalue weighted by Crippen LogP contribution is 2.50. The number of ether oxygens (including phenoxy) is 2. The van der Waals surface area contributed by atoms with Crippen molar-refractivity contribution in [2.45, 2.75) is 44.2 Å². The number of hydrogen-bond donors (Lipinski definition) is 0. The summed E-state index contributed by atoms with van der Waals surface area (Å²) in [5.41, 5.74) is 1.28. The number of hydrogen-bond acceptors (Lipinski definition) is 2. The molecule has 0 bridgehead atoms. The SMILES string of the molecule is CC12OC1CCC2OCc1ccccc1. The molecule has 1 aromatic carbocycles. The lowest BCUT2D eigenvalue weighted by molar-refractivity contribution is -0.0124. The number of rotatable bonds is 3. The van der Waals surface area contributed by atoms with Crippen molar-refractivity contribution in [2.24, 2.45) is 0 Å². The maximum atomic E-state index is 5.92. The number of fused-ring (bicyclic) bond motifs is 1. The van der Waals surface area contributed by atoms with Crippen LogP contribution in [0.1, 0.15) is 25.3 Å². The molecule has 0 aromatic heterocycles. The molecule has 2 nitrogen and oxygen atoms in total. The maximum absolute atomic E-state index is 5.92. The molecule has 1 heterocycles. The molecule has 15 heavy (non-hydrogen) atoms.